The van der Waals surface area contributed by atoms with Crippen LogP contribution in [0.3, 0.4) is 0 Å². The van der Waals surface area contributed by atoms with Crippen molar-refractivity contribution in [3.05, 3.63) is 16.5 Å². The number of hydrogen-bond donors (Lipinski definition) is 1. The lowest BCUT2D eigenvalue weighted by Gasteiger charge is -2.09. The number of nitrogens with zero attached hydrogens (tertiary/aromatic N) is 2. The number of halogens is 1. The maximum absolute atomic E-state index is 5.97. The minimum Gasteiger partial charge on any atom is -0.385 e. The summed E-state index contributed by atoms with van der Waals surface area (Å²) in [5.41, 5.74) is 0.902. The van der Waals surface area contributed by atoms with E-state index < -0.39 is 0 Å². The molecule has 0 fully saturated rings. The fraction of sp³-hybridized carbons (Fsp3) is 0.636. The van der Waals surface area contributed by atoms with Gasteiger partial charge in [-0.3, -0.25) is 0 Å². The summed E-state index contributed by atoms with van der Waals surface area (Å²) in [5.74, 6) is 1.52. The summed E-state index contributed by atoms with van der Waals surface area (Å²) in [7, 11) is 1.71. The number of aryl methyl sites for hydroxylation is 1. The molecule has 0 unspecified atom stereocenters. The standard InChI is InChI=1S/C11H18ClN3O/c1-8-10(12)14-9(2)15-11(8)13-6-4-5-7-16-3/h4-7H2,1-3H3,(H,13,14,15). The van der Waals surface area contributed by atoms with Gasteiger partial charge in [0.05, 0.1) is 0 Å². The van der Waals surface area contributed by atoms with Crippen molar-refractivity contribution in [3.63, 3.8) is 0 Å². The second kappa shape index (κ2) is 6.66. The lowest BCUT2D eigenvalue weighted by molar-refractivity contribution is 0.194. The topological polar surface area (TPSA) is 47.0 Å². The van der Waals surface area contributed by atoms with Crippen molar-refractivity contribution >= 4 is 17.4 Å². The second-order valence-corrected chi connectivity index (χ2v) is 4.02. The van der Waals surface area contributed by atoms with Gasteiger partial charge in [0.2, 0.25) is 0 Å². The molecule has 0 aliphatic heterocycles. The molecule has 0 aromatic carbocycles. The number of methoxy groups -OCH3 is 1. The van der Waals surface area contributed by atoms with Crippen molar-refractivity contribution < 1.29 is 4.74 Å². The average molecular weight is 244 g/mol. The third kappa shape index (κ3) is 3.94. The Morgan fingerprint density at radius 1 is 1.25 bits per heavy atom. The molecule has 0 aliphatic rings. The number of unbranched alkanes of at least 4 members (excludes halogenated alkanes) is 1. The van der Waals surface area contributed by atoms with Crippen molar-refractivity contribution in [1.82, 2.24) is 9.97 Å². The van der Waals surface area contributed by atoms with Gasteiger partial charge < -0.3 is 10.1 Å². The molecular weight excluding hydrogens is 226 g/mol. The van der Waals surface area contributed by atoms with Crippen LogP contribution in [0.2, 0.25) is 5.15 Å². The summed E-state index contributed by atoms with van der Waals surface area (Å²) in [4.78, 5) is 8.40. The number of anilines is 1. The molecule has 16 heavy (non-hydrogen) atoms. The van der Waals surface area contributed by atoms with E-state index >= 15 is 0 Å². The summed E-state index contributed by atoms with van der Waals surface area (Å²) in [6.07, 6.45) is 2.09. The molecule has 0 spiro atoms. The number of aromatic nitrogens is 2. The van der Waals surface area contributed by atoms with Crippen molar-refractivity contribution in [1.29, 1.82) is 0 Å². The first kappa shape index (κ1) is 13.2. The second-order valence-electron chi connectivity index (χ2n) is 3.66. The van der Waals surface area contributed by atoms with Crippen LogP contribution >= 0.6 is 11.6 Å². The van der Waals surface area contributed by atoms with E-state index in [0.717, 1.165) is 37.4 Å². The highest BCUT2D eigenvalue weighted by Gasteiger charge is 2.06. The predicted molar refractivity (Wildman–Crippen MR) is 66.1 cm³/mol. The van der Waals surface area contributed by atoms with Crippen LogP contribution in [0, 0.1) is 13.8 Å². The summed E-state index contributed by atoms with van der Waals surface area (Å²) in [5, 5.41) is 3.78. The van der Waals surface area contributed by atoms with E-state index in [1.165, 1.54) is 0 Å². The Balaban J connectivity index is 2.47. The van der Waals surface area contributed by atoms with Gasteiger partial charge in [0.15, 0.2) is 0 Å². The Kier molecular flexibility index (Phi) is 5.49. The van der Waals surface area contributed by atoms with E-state index in [2.05, 4.69) is 15.3 Å². The average Bonchev–Trinajstić information content (AvgIpc) is 2.24. The molecule has 0 aliphatic carbocycles. The van der Waals surface area contributed by atoms with Gasteiger partial charge in [0.25, 0.3) is 0 Å². The fourth-order valence-corrected chi connectivity index (χ4v) is 1.56. The van der Waals surface area contributed by atoms with Crippen LogP contribution in [0.4, 0.5) is 5.82 Å². The maximum atomic E-state index is 5.97. The molecule has 4 nitrogen and oxygen atoms in total. The van der Waals surface area contributed by atoms with Crippen molar-refractivity contribution in [2.24, 2.45) is 0 Å². The smallest absolute Gasteiger partial charge is 0.137 e. The fourth-order valence-electron chi connectivity index (χ4n) is 1.34. The molecule has 90 valence electrons. The van der Waals surface area contributed by atoms with Crippen LogP contribution in [-0.2, 0) is 4.74 Å². The zero-order chi connectivity index (χ0) is 12.0. The minimum absolute atomic E-state index is 0.520. The van der Waals surface area contributed by atoms with Crippen LogP contribution in [0.15, 0.2) is 0 Å². The maximum Gasteiger partial charge on any atom is 0.137 e. The summed E-state index contributed by atoms with van der Waals surface area (Å²) in [6, 6.07) is 0. The highest BCUT2D eigenvalue weighted by Crippen LogP contribution is 2.19. The third-order valence-corrected chi connectivity index (χ3v) is 2.63. The van der Waals surface area contributed by atoms with Crippen LogP contribution in [0.25, 0.3) is 0 Å². The normalized spacial score (nSPS) is 10.5. The lowest BCUT2D eigenvalue weighted by Crippen LogP contribution is -2.08. The van der Waals surface area contributed by atoms with Crippen LogP contribution in [-0.4, -0.2) is 30.2 Å². The molecule has 1 N–H and O–H groups in total. The lowest BCUT2D eigenvalue weighted by atomic mass is 10.3. The van der Waals surface area contributed by atoms with Gasteiger partial charge in [-0.2, -0.15) is 0 Å². The first-order valence-electron chi connectivity index (χ1n) is 5.38. The molecule has 0 bridgehead atoms. The molecule has 0 amide bonds. The molecule has 1 rings (SSSR count). The monoisotopic (exact) mass is 243 g/mol. The summed E-state index contributed by atoms with van der Waals surface area (Å²) >= 11 is 5.97. The summed E-state index contributed by atoms with van der Waals surface area (Å²) in [6.45, 7) is 5.42. The molecule has 5 heteroatoms. The van der Waals surface area contributed by atoms with Crippen molar-refractivity contribution in [3.8, 4) is 0 Å². The molecule has 0 saturated heterocycles. The Morgan fingerprint density at radius 2 is 2.00 bits per heavy atom. The predicted octanol–water partition coefficient (Wildman–Crippen LogP) is 2.59. The number of hydrogen-bond acceptors (Lipinski definition) is 4. The van der Waals surface area contributed by atoms with Gasteiger partial charge in [0, 0.05) is 25.8 Å². The largest absolute Gasteiger partial charge is 0.385 e. The molecule has 0 atom stereocenters. The van der Waals surface area contributed by atoms with E-state index in [9.17, 15) is 0 Å². The van der Waals surface area contributed by atoms with Gasteiger partial charge in [-0.1, -0.05) is 11.6 Å². The van der Waals surface area contributed by atoms with E-state index in [1.807, 2.05) is 13.8 Å². The van der Waals surface area contributed by atoms with E-state index in [-0.39, 0.29) is 0 Å². The van der Waals surface area contributed by atoms with Gasteiger partial charge in [-0.25, -0.2) is 9.97 Å². The number of ether oxygens (including phenoxy) is 1. The SMILES string of the molecule is COCCCCNc1nc(C)nc(Cl)c1C. The third-order valence-electron chi connectivity index (χ3n) is 2.27. The minimum atomic E-state index is 0.520. The zero-order valence-corrected chi connectivity index (χ0v) is 10.8. The highest BCUT2D eigenvalue weighted by atomic mass is 35.5. The molecule has 1 aromatic rings. The molecule has 0 radical (unpaired) electrons. The van der Waals surface area contributed by atoms with Gasteiger partial charge in [-0.15, -0.1) is 0 Å². The van der Waals surface area contributed by atoms with Crippen LogP contribution in [0.1, 0.15) is 24.2 Å². The Hall–Kier alpha value is -0.870. The molecule has 0 saturated carbocycles. The van der Waals surface area contributed by atoms with Gasteiger partial charge >= 0.3 is 0 Å². The van der Waals surface area contributed by atoms with E-state index in [4.69, 9.17) is 16.3 Å². The Morgan fingerprint density at radius 3 is 2.69 bits per heavy atom. The Labute approximate surface area is 101 Å². The molecule has 1 heterocycles. The van der Waals surface area contributed by atoms with Crippen molar-refractivity contribution in [2.45, 2.75) is 26.7 Å². The van der Waals surface area contributed by atoms with E-state index in [0.29, 0.717) is 11.0 Å². The van der Waals surface area contributed by atoms with Crippen molar-refractivity contribution in [2.75, 3.05) is 25.6 Å². The number of nitrogens with one attached hydrogen (secondary N) is 1. The zero-order valence-electron chi connectivity index (χ0n) is 10.0. The first-order chi connectivity index (χ1) is 7.65. The Bertz CT molecular complexity index is 344. The highest BCUT2D eigenvalue weighted by molar-refractivity contribution is 6.30. The van der Waals surface area contributed by atoms with Crippen LogP contribution < -0.4 is 5.32 Å². The molecular formula is C11H18ClN3O. The van der Waals surface area contributed by atoms with E-state index in [1.54, 1.807) is 7.11 Å². The quantitative estimate of drug-likeness (QED) is 0.616. The summed E-state index contributed by atoms with van der Waals surface area (Å²) < 4.78 is 4.98. The van der Waals surface area contributed by atoms with Gasteiger partial charge in [-0.05, 0) is 26.7 Å². The number of rotatable bonds is 6. The molecule has 1 aromatic heterocycles. The first-order valence-corrected chi connectivity index (χ1v) is 5.76. The van der Waals surface area contributed by atoms with Gasteiger partial charge in [0.1, 0.15) is 16.8 Å². The van der Waals surface area contributed by atoms with Crippen LogP contribution in [0.5, 0.6) is 0 Å².